The lowest BCUT2D eigenvalue weighted by molar-refractivity contribution is -0.135. The van der Waals surface area contributed by atoms with Crippen LogP contribution in [0, 0.1) is 17.8 Å². The van der Waals surface area contributed by atoms with Gasteiger partial charge in [0.15, 0.2) is 0 Å². The predicted octanol–water partition coefficient (Wildman–Crippen LogP) is 3.24. The zero-order valence-electron chi connectivity index (χ0n) is 11.2. The molecule has 0 aromatic heterocycles. The molecule has 0 spiro atoms. The number of carbonyl (C=O) groups excluding carboxylic acids is 1. The number of rotatable bonds is 2. The van der Waals surface area contributed by atoms with E-state index >= 15 is 0 Å². The molecule has 96 valence electrons. The maximum absolute atomic E-state index is 12.3. The summed E-state index contributed by atoms with van der Waals surface area (Å²) in [7, 11) is 0. The molecule has 2 nitrogen and oxygen atoms in total. The van der Waals surface area contributed by atoms with Gasteiger partial charge in [0.05, 0.1) is 0 Å². The summed E-state index contributed by atoms with van der Waals surface area (Å²) in [5, 5.41) is 0. The van der Waals surface area contributed by atoms with Gasteiger partial charge in [-0.15, -0.1) is 0 Å². The average Bonchev–Trinajstić information content (AvgIpc) is 2.71. The first kappa shape index (κ1) is 12.7. The fraction of sp³-hybridized carbons (Fsp3) is 0.800. The van der Waals surface area contributed by atoms with Gasteiger partial charge in [-0.05, 0) is 43.9 Å². The highest BCUT2D eigenvalue weighted by Gasteiger charge is 2.27. The topological polar surface area (TPSA) is 20.3 Å². The highest BCUT2D eigenvalue weighted by molar-refractivity contribution is 5.79. The molecule has 0 aromatic rings. The van der Waals surface area contributed by atoms with Gasteiger partial charge in [-0.25, -0.2) is 0 Å². The first-order chi connectivity index (χ1) is 8.18. The van der Waals surface area contributed by atoms with Gasteiger partial charge < -0.3 is 4.90 Å². The third kappa shape index (κ3) is 3.11. The lowest BCUT2D eigenvalue weighted by atomic mass is 9.89. The van der Waals surface area contributed by atoms with Gasteiger partial charge in [-0.1, -0.05) is 26.0 Å². The van der Waals surface area contributed by atoms with Crippen LogP contribution in [-0.4, -0.2) is 23.9 Å². The lowest BCUT2D eigenvalue weighted by Gasteiger charge is -2.24. The molecule has 2 heteroatoms. The van der Waals surface area contributed by atoms with Crippen LogP contribution >= 0.6 is 0 Å². The molecule has 2 rings (SSSR count). The van der Waals surface area contributed by atoms with Crippen LogP contribution < -0.4 is 0 Å². The summed E-state index contributed by atoms with van der Waals surface area (Å²) in [5.41, 5.74) is 0. The van der Waals surface area contributed by atoms with Gasteiger partial charge in [-0.3, -0.25) is 4.79 Å². The zero-order valence-corrected chi connectivity index (χ0v) is 11.2. The van der Waals surface area contributed by atoms with Crippen LogP contribution in [0.2, 0.25) is 0 Å². The van der Waals surface area contributed by atoms with Gasteiger partial charge in [0.25, 0.3) is 0 Å². The summed E-state index contributed by atoms with van der Waals surface area (Å²) < 4.78 is 0. The summed E-state index contributed by atoms with van der Waals surface area (Å²) in [6.45, 7) is 6.59. The minimum Gasteiger partial charge on any atom is -0.342 e. The Morgan fingerprint density at radius 3 is 2.53 bits per heavy atom. The average molecular weight is 235 g/mol. The summed E-state index contributed by atoms with van der Waals surface area (Å²) in [5.74, 6) is 2.23. The monoisotopic (exact) mass is 235 g/mol. The molecule has 17 heavy (non-hydrogen) atoms. The van der Waals surface area contributed by atoms with Crippen molar-refractivity contribution in [1.82, 2.24) is 4.90 Å². The molecule has 0 radical (unpaired) electrons. The smallest absolute Gasteiger partial charge is 0.226 e. The summed E-state index contributed by atoms with van der Waals surface area (Å²) in [4.78, 5) is 14.4. The molecule has 1 aliphatic heterocycles. The third-order valence-corrected chi connectivity index (χ3v) is 4.38. The van der Waals surface area contributed by atoms with Crippen molar-refractivity contribution in [2.45, 2.75) is 46.0 Å². The van der Waals surface area contributed by atoms with E-state index in [1.165, 1.54) is 19.3 Å². The molecule has 2 aliphatic rings. The van der Waals surface area contributed by atoms with E-state index < -0.39 is 0 Å². The quantitative estimate of drug-likeness (QED) is 0.673. The number of nitrogens with zero attached hydrogens (tertiary/aromatic N) is 1. The second kappa shape index (κ2) is 5.70. The molecule has 1 amide bonds. The molecule has 0 bridgehead atoms. The van der Waals surface area contributed by atoms with E-state index in [1.54, 1.807) is 0 Å². The Labute approximate surface area is 105 Å². The van der Waals surface area contributed by atoms with E-state index in [-0.39, 0.29) is 5.92 Å². The molecule has 1 fully saturated rings. The summed E-state index contributed by atoms with van der Waals surface area (Å²) in [6.07, 6.45) is 9.91. The molecule has 0 aromatic carbocycles. The van der Waals surface area contributed by atoms with Gasteiger partial charge in [0.1, 0.15) is 0 Å². The van der Waals surface area contributed by atoms with Gasteiger partial charge in [-0.2, -0.15) is 0 Å². The Hall–Kier alpha value is -0.790. The standard InChI is InChI=1S/C15H25NO/c1-12(2)13-8-5-10-16(11-9-13)15(17)14-6-3-4-7-14/h3-4,12-14H,5-11H2,1-2H3. The van der Waals surface area contributed by atoms with E-state index in [0.29, 0.717) is 5.91 Å². The third-order valence-electron chi connectivity index (χ3n) is 4.38. The number of hydrogen-bond acceptors (Lipinski definition) is 1. The Balaban J connectivity index is 1.87. The number of allylic oxidation sites excluding steroid dienone is 2. The van der Waals surface area contributed by atoms with Crippen LogP contribution in [0.3, 0.4) is 0 Å². The fourth-order valence-electron chi connectivity index (χ4n) is 3.09. The summed E-state index contributed by atoms with van der Waals surface area (Å²) >= 11 is 0. The molecule has 1 saturated heterocycles. The van der Waals surface area contributed by atoms with Crippen molar-refractivity contribution < 1.29 is 4.79 Å². The number of likely N-dealkylation sites (tertiary alicyclic amines) is 1. The van der Waals surface area contributed by atoms with E-state index in [4.69, 9.17) is 0 Å². The van der Waals surface area contributed by atoms with Crippen molar-refractivity contribution in [3.63, 3.8) is 0 Å². The Kier molecular flexibility index (Phi) is 4.25. The normalized spacial score (nSPS) is 26.5. The Morgan fingerprint density at radius 1 is 1.18 bits per heavy atom. The SMILES string of the molecule is CC(C)C1CCCN(C(=O)C2CC=CC2)CC1. The Bertz CT molecular complexity index is 287. The minimum absolute atomic E-state index is 0.255. The van der Waals surface area contributed by atoms with E-state index in [0.717, 1.165) is 37.8 Å². The number of carbonyl (C=O) groups is 1. The zero-order chi connectivity index (χ0) is 12.3. The van der Waals surface area contributed by atoms with Crippen LogP contribution in [0.5, 0.6) is 0 Å². The second-order valence-corrected chi connectivity index (χ2v) is 5.90. The van der Waals surface area contributed by atoms with Gasteiger partial charge >= 0.3 is 0 Å². The predicted molar refractivity (Wildman–Crippen MR) is 70.6 cm³/mol. The Morgan fingerprint density at radius 2 is 1.88 bits per heavy atom. The molecular formula is C15H25NO. The van der Waals surface area contributed by atoms with Crippen LogP contribution in [0.15, 0.2) is 12.2 Å². The molecule has 0 saturated carbocycles. The van der Waals surface area contributed by atoms with E-state index in [1.807, 2.05) is 0 Å². The van der Waals surface area contributed by atoms with Crippen LogP contribution in [-0.2, 0) is 4.79 Å². The minimum atomic E-state index is 0.255. The lowest BCUT2D eigenvalue weighted by Crippen LogP contribution is -2.36. The van der Waals surface area contributed by atoms with Crippen LogP contribution in [0.1, 0.15) is 46.0 Å². The first-order valence-electron chi connectivity index (χ1n) is 7.12. The molecule has 1 atom stereocenters. The first-order valence-corrected chi connectivity index (χ1v) is 7.12. The molecule has 1 aliphatic carbocycles. The maximum Gasteiger partial charge on any atom is 0.226 e. The highest BCUT2D eigenvalue weighted by atomic mass is 16.2. The van der Waals surface area contributed by atoms with Crippen molar-refractivity contribution >= 4 is 5.91 Å². The summed E-state index contributed by atoms with van der Waals surface area (Å²) in [6, 6.07) is 0. The van der Waals surface area contributed by atoms with Gasteiger partial charge in [0.2, 0.25) is 5.91 Å². The molecular weight excluding hydrogens is 210 g/mol. The van der Waals surface area contributed by atoms with Crippen molar-refractivity contribution in [1.29, 1.82) is 0 Å². The number of amides is 1. The van der Waals surface area contributed by atoms with Crippen molar-refractivity contribution in [2.75, 3.05) is 13.1 Å². The highest BCUT2D eigenvalue weighted by Crippen LogP contribution is 2.27. The van der Waals surface area contributed by atoms with Gasteiger partial charge in [0, 0.05) is 19.0 Å². The second-order valence-electron chi connectivity index (χ2n) is 5.90. The molecule has 1 heterocycles. The van der Waals surface area contributed by atoms with Crippen molar-refractivity contribution in [3.8, 4) is 0 Å². The van der Waals surface area contributed by atoms with Crippen molar-refractivity contribution in [3.05, 3.63) is 12.2 Å². The van der Waals surface area contributed by atoms with E-state index in [2.05, 4.69) is 30.9 Å². The van der Waals surface area contributed by atoms with Crippen LogP contribution in [0.25, 0.3) is 0 Å². The van der Waals surface area contributed by atoms with Crippen LogP contribution in [0.4, 0.5) is 0 Å². The van der Waals surface area contributed by atoms with E-state index in [9.17, 15) is 4.79 Å². The molecule has 1 unspecified atom stereocenters. The maximum atomic E-state index is 12.3. The number of hydrogen-bond donors (Lipinski definition) is 0. The van der Waals surface area contributed by atoms with Crippen molar-refractivity contribution in [2.24, 2.45) is 17.8 Å². The largest absolute Gasteiger partial charge is 0.342 e. The molecule has 0 N–H and O–H groups in total. The fourth-order valence-corrected chi connectivity index (χ4v) is 3.09.